The SMILES string of the molecule is Cc1ncc(SCc2ccccc2)cc1C#N. The van der Waals surface area contributed by atoms with Gasteiger partial charge in [-0.2, -0.15) is 5.26 Å². The summed E-state index contributed by atoms with van der Waals surface area (Å²) in [5, 5.41) is 8.93. The van der Waals surface area contributed by atoms with E-state index in [2.05, 4.69) is 23.2 Å². The Balaban J connectivity index is 2.08. The van der Waals surface area contributed by atoms with Gasteiger partial charge in [-0.15, -0.1) is 11.8 Å². The van der Waals surface area contributed by atoms with Crippen LogP contribution in [-0.2, 0) is 5.75 Å². The van der Waals surface area contributed by atoms with Crippen LogP contribution in [0.2, 0.25) is 0 Å². The Labute approximate surface area is 105 Å². The first-order valence-electron chi connectivity index (χ1n) is 5.33. The third kappa shape index (κ3) is 3.08. The number of hydrogen-bond donors (Lipinski definition) is 0. The van der Waals surface area contributed by atoms with Crippen LogP contribution in [0.15, 0.2) is 47.5 Å². The summed E-state index contributed by atoms with van der Waals surface area (Å²) < 4.78 is 0. The maximum atomic E-state index is 8.93. The summed E-state index contributed by atoms with van der Waals surface area (Å²) in [6, 6.07) is 14.3. The van der Waals surface area contributed by atoms with E-state index in [9.17, 15) is 0 Å². The highest BCUT2D eigenvalue weighted by Crippen LogP contribution is 2.23. The number of nitrogens with zero attached hydrogens (tertiary/aromatic N) is 2. The lowest BCUT2D eigenvalue weighted by atomic mass is 10.2. The molecule has 0 aliphatic rings. The minimum Gasteiger partial charge on any atom is -0.259 e. The molecule has 84 valence electrons. The average molecular weight is 240 g/mol. The molecule has 0 aliphatic carbocycles. The molecule has 17 heavy (non-hydrogen) atoms. The van der Waals surface area contributed by atoms with Gasteiger partial charge in [0.05, 0.1) is 11.3 Å². The zero-order chi connectivity index (χ0) is 12.1. The number of pyridine rings is 1. The maximum absolute atomic E-state index is 8.93. The van der Waals surface area contributed by atoms with E-state index >= 15 is 0 Å². The molecule has 0 aliphatic heterocycles. The van der Waals surface area contributed by atoms with Crippen LogP contribution in [0.5, 0.6) is 0 Å². The molecule has 3 heteroatoms. The molecule has 0 bridgehead atoms. The second kappa shape index (κ2) is 5.51. The van der Waals surface area contributed by atoms with Gasteiger partial charge in [0.15, 0.2) is 0 Å². The number of thioether (sulfide) groups is 1. The van der Waals surface area contributed by atoms with Gasteiger partial charge in [0.1, 0.15) is 6.07 Å². The molecule has 0 N–H and O–H groups in total. The van der Waals surface area contributed by atoms with Crippen molar-refractivity contribution in [3.05, 3.63) is 59.4 Å². The normalized spacial score (nSPS) is 9.88. The molecule has 1 heterocycles. The van der Waals surface area contributed by atoms with Gasteiger partial charge in [0, 0.05) is 16.8 Å². The summed E-state index contributed by atoms with van der Waals surface area (Å²) in [5.41, 5.74) is 2.72. The molecular formula is C14H12N2S. The Morgan fingerprint density at radius 1 is 1.29 bits per heavy atom. The molecule has 2 rings (SSSR count). The van der Waals surface area contributed by atoms with E-state index in [-0.39, 0.29) is 0 Å². The van der Waals surface area contributed by atoms with Gasteiger partial charge in [0.25, 0.3) is 0 Å². The van der Waals surface area contributed by atoms with Gasteiger partial charge in [-0.25, -0.2) is 0 Å². The number of aromatic nitrogens is 1. The largest absolute Gasteiger partial charge is 0.259 e. The zero-order valence-electron chi connectivity index (χ0n) is 9.55. The minimum absolute atomic E-state index is 0.656. The van der Waals surface area contributed by atoms with E-state index in [1.54, 1.807) is 11.8 Å². The van der Waals surface area contributed by atoms with Gasteiger partial charge in [-0.1, -0.05) is 30.3 Å². The second-order valence-corrected chi connectivity index (χ2v) is 4.74. The van der Waals surface area contributed by atoms with Crippen molar-refractivity contribution < 1.29 is 0 Å². The Hall–Kier alpha value is -1.79. The predicted molar refractivity (Wildman–Crippen MR) is 69.7 cm³/mol. The quantitative estimate of drug-likeness (QED) is 0.770. The molecule has 0 amide bonds. The topological polar surface area (TPSA) is 36.7 Å². The second-order valence-electron chi connectivity index (χ2n) is 3.69. The van der Waals surface area contributed by atoms with Crippen molar-refractivity contribution in [2.45, 2.75) is 17.6 Å². The minimum atomic E-state index is 0.656. The number of benzene rings is 1. The highest BCUT2D eigenvalue weighted by atomic mass is 32.2. The van der Waals surface area contributed by atoms with Crippen molar-refractivity contribution in [2.24, 2.45) is 0 Å². The summed E-state index contributed by atoms with van der Waals surface area (Å²) in [6.45, 7) is 1.85. The average Bonchev–Trinajstić information content (AvgIpc) is 2.39. The first-order valence-corrected chi connectivity index (χ1v) is 6.31. The fourth-order valence-electron chi connectivity index (χ4n) is 1.45. The molecule has 2 nitrogen and oxygen atoms in total. The summed E-state index contributed by atoms with van der Waals surface area (Å²) in [5.74, 6) is 0.899. The molecule has 0 spiro atoms. The van der Waals surface area contributed by atoms with Gasteiger partial charge >= 0.3 is 0 Å². The molecule has 0 fully saturated rings. The van der Waals surface area contributed by atoms with Crippen LogP contribution in [0.1, 0.15) is 16.8 Å². The molecule has 0 saturated carbocycles. The standard InChI is InChI=1S/C14H12N2S/c1-11-13(8-15)7-14(9-16-11)17-10-12-5-3-2-4-6-12/h2-7,9H,10H2,1H3. The van der Waals surface area contributed by atoms with Crippen molar-refractivity contribution in [3.8, 4) is 6.07 Å². The van der Waals surface area contributed by atoms with Gasteiger partial charge in [0.2, 0.25) is 0 Å². The summed E-state index contributed by atoms with van der Waals surface area (Å²) in [7, 11) is 0. The van der Waals surface area contributed by atoms with Crippen molar-refractivity contribution in [1.82, 2.24) is 4.98 Å². The third-order valence-corrected chi connectivity index (χ3v) is 3.46. The van der Waals surface area contributed by atoms with Crippen LogP contribution in [-0.4, -0.2) is 4.98 Å². The Morgan fingerprint density at radius 2 is 2.06 bits per heavy atom. The van der Waals surface area contributed by atoms with Gasteiger partial charge < -0.3 is 0 Å². The predicted octanol–water partition coefficient (Wildman–Crippen LogP) is 3.55. The number of hydrogen-bond acceptors (Lipinski definition) is 3. The maximum Gasteiger partial charge on any atom is 0.101 e. The smallest absolute Gasteiger partial charge is 0.101 e. The lowest BCUT2D eigenvalue weighted by molar-refractivity contribution is 1.13. The van der Waals surface area contributed by atoms with E-state index in [0.29, 0.717) is 5.56 Å². The fraction of sp³-hybridized carbons (Fsp3) is 0.143. The van der Waals surface area contributed by atoms with E-state index in [1.165, 1.54) is 5.56 Å². The molecule has 0 saturated heterocycles. The molecule has 0 unspecified atom stereocenters. The Kier molecular flexibility index (Phi) is 3.79. The first kappa shape index (κ1) is 11.7. The summed E-state index contributed by atoms with van der Waals surface area (Å²) in [6.07, 6.45) is 1.82. The van der Waals surface area contributed by atoms with E-state index < -0.39 is 0 Å². The first-order chi connectivity index (χ1) is 8.29. The van der Waals surface area contributed by atoms with Gasteiger partial charge in [-0.05, 0) is 18.6 Å². The Morgan fingerprint density at radius 3 is 2.76 bits per heavy atom. The van der Waals surface area contributed by atoms with Crippen LogP contribution in [0.4, 0.5) is 0 Å². The Bertz CT molecular complexity index is 544. The third-order valence-electron chi connectivity index (χ3n) is 2.43. The molecule has 2 aromatic rings. The molecular weight excluding hydrogens is 228 g/mol. The lowest BCUT2D eigenvalue weighted by Crippen LogP contribution is -1.88. The van der Waals surface area contributed by atoms with Crippen molar-refractivity contribution >= 4 is 11.8 Å². The van der Waals surface area contributed by atoms with Crippen molar-refractivity contribution in [2.75, 3.05) is 0 Å². The van der Waals surface area contributed by atoms with Crippen LogP contribution in [0.3, 0.4) is 0 Å². The summed E-state index contributed by atoms with van der Waals surface area (Å²) >= 11 is 1.70. The zero-order valence-corrected chi connectivity index (χ0v) is 10.4. The summed E-state index contributed by atoms with van der Waals surface area (Å²) in [4.78, 5) is 5.26. The highest BCUT2D eigenvalue weighted by Gasteiger charge is 2.02. The number of aryl methyl sites for hydroxylation is 1. The highest BCUT2D eigenvalue weighted by molar-refractivity contribution is 7.98. The van der Waals surface area contributed by atoms with Gasteiger partial charge in [-0.3, -0.25) is 4.98 Å². The van der Waals surface area contributed by atoms with Crippen LogP contribution >= 0.6 is 11.8 Å². The van der Waals surface area contributed by atoms with Crippen LogP contribution in [0.25, 0.3) is 0 Å². The number of rotatable bonds is 3. The molecule has 1 aromatic carbocycles. The van der Waals surface area contributed by atoms with Crippen LogP contribution < -0.4 is 0 Å². The van der Waals surface area contributed by atoms with E-state index in [0.717, 1.165) is 16.3 Å². The molecule has 1 aromatic heterocycles. The van der Waals surface area contributed by atoms with E-state index in [1.807, 2.05) is 37.4 Å². The van der Waals surface area contributed by atoms with Crippen LogP contribution in [0, 0.1) is 18.3 Å². The monoisotopic (exact) mass is 240 g/mol. The van der Waals surface area contributed by atoms with E-state index in [4.69, 9.17) is 5.26 Å². The van der Waals surface area contributed by atoms with Crippen molar-refractivity contribution in [3.63, 3.8) is 0 Å². The molecule has 0 atom stereocenters. The number of nitriles is 1. The van der Waals surface area contributed by atoms with Crippen molar-refractivity contribution in [1.29, 1.82) is 5.26 Å². The molecule has 0 radical (unpaired) electrons. The lowest BCUT2D eigenvalue weighted by Gasteiger charge is -2.03. The fourth-order valence-corrected chi connectivity index (χ4v) is 2.30.